The van der Waals surface area contributed by atoms with E-state index in [1.165, 1.54) is 11.6 Å². The highest BCUT2D eigenvalue weighted by atomic mass is 19.1. The molecule has 1 aliphatic rings. The van der Waals surface area contributed by atoms with E-state index >= 15 is 0 Å². The summed E-state index contributed by atoms with van der Waals surface area (Å²) < 4.78 is 19.1. The molecule has 5 nitrogen and oxygen atoms in total. The third-order valence-corrected chi connectivity index (χ3v) is 3.97. The summed E-state index contributed by atoms with van der Waals surface area (Å²) in [6, 6.07) is 3.25. The average molecular weight is 305 g/mol. The number of nitrogens with one attached hydrogen (secondary N) is 2. The van der Waals surface area contributed by atoms with Crippen LogP contribution >= 0.6 is 0 Å². The molecule has 2 aromatic rings. The van der Waals surface area contributed by atoms with Crippen LogP contribution in [0, 0.1) is 5.82 Å². The van der Waals surface area contributed by atoms with Crippen molar-refractivity contribution < 1.29 is 13.9 Å². The van der Waals surface area contributed by atoms with E-state index in [4.69, 9.17) is 4.74 Å². The lowest BCUT2D eigenvalue weighted by molar-refractivity contribution is 0.177. The van der Waals surface area contributed by atoms with Gasteiger partial charge in [0.25, 0.3) is 0 Å². The van der Waals surface area contributed by atoms with Crippen LogP contribution in [-0.4, -0.2) is 49.3 Å². The first-order valence-electron chi connectivity index (χ1n) is 7.39. The van der Waals surface area contributed by atoms with Crippen molar-refractivity contribution in [3.8, 4) is 0 Å². The largest absolute Gasteiger partial charge is 0.447 e. The Morgan fingerprint density at radius 2 is 2.18 bits per heavy atom. The molecule has 0 saturated carbocycles. The molecular weight excluding hydrogens is 285 g/mol. The van der Waals surface area contributed by atoms with Gasteiger partial charge in [0.05, 0.1) is 6.04 Å². The molecule has 0 aliphatic carbocycles. The van der Waals surface area contributed by atoms with E-state index in [9.17, 15) is 9.18 Å². The van der Waals surface area contributed by atoms with Crippen molar-refractivity contribution in [3.63, 3.8) is 0 Å². The number of hydrogen-bond donors (Lipinski definition) is 2. The van der Waals surface area contributed by atoms with Crippen molar-refractivity contribution in [2.45, 2.75) is 18.9 Å². The number of likely N-dealkylation sites (N-methyl/N-ethyl adjacent to an activating group) is 1. The van der Waals surface area contributed by atoms with E-state index < -0.39 is 6.09 Å². The number of carbonyl (C=O) groups excluding carboxylic acids is 1. The number of cyclic esters (lactones) is 1. The van der Waals surface area contributed by atoms with Gasteiger partial charge in [-0.1, -0.05) is 0 Å². The summed E-state index contributed by atoms with van der Waals surface area (Å²) in [5.41, 5.74) is 2.59. The number of aromatic amines is 1. The molecule has 1 unspecified atom stereocenters. The number of benzene rings is 1. The Kier molecular flexibility index (Phi) is 4.02. The van der Waals surface area contributed by atoms with Crippen molar-refractivity contribution in [3.05, 3.63) is 35.3 Å². The molecule has 1 fully saturated rings. The molecule has 1 aliphatic heterocycles. The zero-order chi connectivity index (χ0) is 15.7. The molecule has 1 amide bonds. The molecule has 118 valence electrons. The number of halogens is 1. The highest BCUT2D eigenvalue weighted by Gasteiger charge is 2.23. The Balaban J connectivity index is 1.85. The van der Waals surface area contributed by atoms with Crippen LogP contribution in [0.4, 0.5) is 9.18 Å². The summed E-state index contributed by atoms with van der Waals surface area (Å²) >= 11 is 0. The van der Waals surface area contributed by atoms with Crippen LogP contribution in [0.2, 0.25) is 0 Å². The van der Waals surface area contributed by atoms with E-state index in [0.717, 1.165) is 23.9 Å². The van der Waals surface area contributed by atoms with Crippen LogP contribution in [0.3, 0.4) is 0 Å². The van der Waals surface area contributed by atoms with Gasteiger partial charge in [-0.25, -0.2) is 9.18 Å². The number of fused-ring (bicyclic) bond motifs is 1. The van der Waals surface area contributed by atoms with Gasteiger partial charge in [-0.15, -0.1) is 0 Å². The van der Waals surface area contributed by atoms with Crippen molar-refractivity contribution in [2.75, 3.05) is 27.2 Å². The number of aromatic nitrogens is 1. The van der Waals surface area contributed by atoms with Gasteiger partial charge in [0, 0.05) is 23.6 Å². The first-order valence-corrected chi connectivity index (χ1v) is 7.39. The van der Waals surface area contributed by atoms with Gasteiger partial charge in [-0.05, 0) is 50.2 Å². The number of alkyl carbamates (subject to hydrolysis) is 1. The minimum Gasteiger partial charge on any atom is -0.447 e. The number of hydrogen-bond acceptors (Lipinski definition) is 3. The number of nitrogens with zero attached hydrogens (tertiary/aromatic N) is 1. The van der Waals surface area contributed by atoms with Gasteiger partial charge >= 0.3 is 6.09 Å². The minimum absolute atomic E-state index is 0.163. The predicted octanol–water partition coefficient (Wildman–Crippen LogP) is 2.06. The van der Waals surface area contributed by atoms with Crippen molar-refractivity contribution in [1.29, 1.82) is 0 Å². The highest BCUT2D eigenvalue weighted by Crippen LogP contribution is 2.24. The molecule has 1 atom stereocenters. The normalized spacial score (nSPS) is 18.0. The summed E-state index contributed by atoms with van der Waals surface area (Å²) in [6.07, 6.45) is 2.85. The first-order chi connectivity index (χ1) is 10.5. The third-order valence-electron chi connectivity index (χ3n) is 3.97. The van der Waals surface area contributed by atoms with Crippen LogP contribution in [-0.2, 0) is 17.6 Å². The molecule has 2 heterocycles. The second-order valence-electron chi connectivity index (χ2n) is 6.00. The molecule has 0 bridgehead atoms. The van der Waals surface area contributed by atoms with Crippen molar-refractivity contribution in [2.24, 2.45) is 0 Å². The van der Waals surface area contributed by atoms with Crippen LogP contribution in [0.5, 0.6) is 0 Å². The lowest BCUT2D eigenvalue weighted by Crippen LogP contribution is -2.28. The van der Waals surface area contributed by atoms with Gasteiger partial charge in [0.2, 0.25) is 0 Å². The van der Waals surface area contributed by atoms with Crippen LogP contribution in [0.25, 0.3) is 10.9 Å². The Morgan fingerprint density at radius 3 is 2.86 bits per heavy atom. The number of rotatable bonds is 5. The average Bonchev–Trinajstić information content (AvgIpc) is 3.03. The Bertz CT molecular complexity index is 696. The van der Waals surface area contributed by atoms with E-state index in [1.54, 1.807) is 0 Å². The molecule has 22 heavy (non-hydrogen) atoms. The number of carbonyl (C=O) groups is 1. The molecule has 2 N–H and O–H groups in total. The summed E-state index contributed by atoms with van der Waals surface area (Å²) in [4.78, 5) is 16.3. The summed E-state index contributed by atoms with van der Waals surface area (Å²) in [6.45, 7) is 1.23. The molecule has 1 saturated heterocycles. The summed E-state index contributed by atoms with van der Waals surface area (Å²) in [7, 11) is 4.06. The van der Waals surface area contributed by atoms with E-state index in [0.29, 0.717) is 12.0 Å². The fourth-order valence-electron chi connectivity index (χ4n) is 2.75. The second kappa shape index (κ2) is 5.96. The SMILES string of the molecule is CN(C)CCc1c[nH]c2cc(F)c(CC3COC(=O)N3)cc12. The van der Waals surface area contributed by atoms with Crippen molar-refractivity contribution >= 4 is 17.0 Å². The number of amides is 1. The van der Waals surface area contributed by atoms with E-state index in [2.05, 4.69) is 15.2 Å². The smallest absolute Gasteiger partial charge is 0.407 e. The van der Waals surface area contributed by atoms with Gasteiger partial charge in [-0.3, -0.25) is 0 Å². The topological polar surface area (TPSA) is 57.4 Å². The predicted molar refractivity (Wildman–Crippen MR) is 82.5 cm³/mol. The maximum absolute atomic E-state index is 14.2. The van der Waals surface area contributed by atoms with Gasteiger partial charge in [0.1, 0.15) is 12.4 Å². The number of H-pyrrole nitrogens is 1. The standard InChI is InChI=1S/C16H20FN3O2/c1-20(2)4-3-10-8-18-15-7-14(17)11(6-13(10)15)5-12-9-22-16(21)19-12/h6-8,12,18H,3-5,9H2,1-2H3,(H,19,21). The third kappa shape index (κ3) is 3.06. The second-order valence-corrected chi connectivity index (χ2v) is 6.00. The Morgan fingerprint density at radius 1 is 1.36 bits per heavy atom. The van der Waals surface area contributed by atoms with Crippen LogP contribution in [0.15, 0.2) is 18.3 Å². The lowest BCUT2D eigenvalue weighted by Gasteiger charge is -2.10. The molecule has 6 heteroatoms. The fourth-order valence-corrected chi connectivity index (χ4v) is 2.75. The van der Waals surface area contributed by atoms with Gasteiger partial charge in [0.15, 0.2) is 0 Å². The molecule has 0 spiro atoms. The Labute approximate surface area is 128 Å². The van der Waals surface area contributed by atoms with Crippen molar-refractivity contribution in [1.82, 2.24) is 15.2 Å². The highest BCUT2D eigenvalue weighted by molar-refractivity contribution is 5.84. The minimum atomic E-state index is -0.431. The quantitative estimate of drug-likeness (QED) is 0.889. The maximum atomic E-state index is 14.2. The molecule has 0 radical (unpaired) electrons. The lowest BCUT2D eigenvalue weighted by atomic mass is 10.0. The van der Waals surface area contributed by atoms with Gasteiger partial charge in [-0.2, -0.15) is 0 Å². The zero-order valence-corrected chi connectivity index (χ0v) is 12.8. The fraction of sp³-hybridized carbons (Fsp3) is 0.438. The zero-order valence-electron chi connectivity index (χ0n) is 12.8. The summed E-state index contributed by atoms with van der Waals surface area (Å²) in [5, 5.41) is 3.73. The van der Waals surface area contributed by atoms with E-state index in [1.807, 2.05) is 26.4 Å². The molecule has 3 rings (SSSR count). The van der Waals surface area contributed by atoms with E-state index in [-0.39, 0.29) is 18.5 Å². The van der Waals surface area contributed by atoms with Crippen LogP contribution < -0.4 is 5.32 Å². The molecule has 1 aromatic heterocycles. The Hall–Kier alpha value is -2.08. The molecular formula is C16H20FN3O2. The summed E-state index contributed by atoms with van der Waals surface area (Å²) in [5.74, 6) is -0.255. The first kappa shape index (κ1) is 14.8. The van der Waals surface area contributed by atoms with Gasteiger partial charge < -0.3 is 19.9 Å². The van der Waals surface area contributed by atoms with Crippen LogP contribution in [0.1, 0.15) is 11.1 Å². The monoisotopic (exact) mass is 305 g/mol. The number of ether oxygens (including phenoxy) is 1. The molecule has 1 aromatic carbocycles. The maximum Gasteiger partial charge on any atom is 0.407 e.